The van der Waals surface area contributed by atoms with Crippen molar-refractivity contribution in [2.75, 3.05) is 0 Å². The van der Waals surface area contributed by atoms with Gasteiger partial charge in [-0.2, -0.15) is 0 Å². The quantitative estimate of drug-likeness (QED) is 0.366. The van der Waals surface area contributed by atoms with E-state index in [2.05, 4.69) is 27.5 Å². The Hall–Kier alpha value is -0.660. The molecule has 0 radical (unpaired) electrons. The molecule has 6 bridgehead atoms. The van der Waals surface area contributed by atoms with E-state index in [1.54, 1.807) is 0 Å². The Labute approximate surface area is 67.9 Å². The molecule has 0 spiro atoms. The summed E-state index contributed by atoms with van der Waals surface area (Å²) in [5, 5.41) is 1.33. The molecule has 1 atom stereocenters. The molecule has 0 amide bonds. The van der Waals surface area contributed by atoms with Gasteiger partial charge >= 0.3 is 0 Å². The third-order valence-electron chi connectivity index (χ3n) is 2.46. The lowest BCUT2D eigenvalue weighted by Crippen LogP contribution is -1.91. The van der Waals surface area contributed by atoms with Crippen molar-refractivity contribution in [3.8, 4) is 0 Å². The fourth-order valence-electron chi connectivity index (χ4n) is 1.93. The van der Waals surface area contributed by atoms with Crippen molar-refractivity contribution in [2.45, 2.75) is 0 Å². The highest BCUT2D eigenvalue weighted by Crippen LogP contribution is 2.64. The van der Waals surface area contributed by atoms with E-state index in [-0.39, 0.29) is 0 Å². The molecule has 0 aliphatic carbocycles. The van der Waals surface area contributed by atoms with Crippen LogP contribution in [0.5, 0.6) is 0 Å². The van der Waals surface area contributed by atoms with Gasteiger partial charge in [0.1, 0.15) is 11.7 Å². The number of imidazole rings is 1. The number of rotatable bonds is 0. The fourth-order valence-corrected chi connectivity index (χ4v) is 5.98. The number of hydrogen-bond donors (Lipinski definition) is 0. The summed E-state index contributed by atoms with van der Waals surface area (Å²) in [6.45, 7) is 0. The van der Waals surface area contributed by atoms with Crippen LogP contribution in [-0.4, -0.2) is 9.32 Å². The van der Waals surface area contributed by atoms with Crippen molar-refractivity contribution in [3.63, 3.8) is 0 Å². The van der Waals surface area contributed by atoms with Crippen LogP contribution >= 0.6 is 6.19 Å². The number of para-hydroxylation sites is 1. The zero-order valence-corrected chi connectivity index (χ0v) is 7.19. The van der Waals surface area contributed by atoms with Gasteiger partial charge in [-0.3, -0.25) is 4.34 Å². The third kappa shape index (κ3) is 0.294. The van der Waals surface area contributed by atoms with Gasteiger partial charge in [0, 0.05) is 5.30 Å². The molecule has 1 aromatic carbocycles. The minimum atomic E-state index is -1.36. The number of aromatic nitrogens is 2. The topological polar surface area (TPSA) is 17.8 Å². The third-order valence-corrected chi connectivity index (χ3v) is 6.67. The SMILES string of the molecule is S=P12c3cccc4c3nc1n42. The van der Waals surface area contributed by atoms with Gasteiger partial charge in [-0.1, -0.05) is 17.9 Å². The molecule has 11 heavy (non-hydrogen) atoms. The fraction of sp³-hybridized carbons (Fsp3) is 0. The van der Waals surface area contributed by atoms with Crippen LogP contribution in [0.2, 0.25) is 0 Å². The van der Waals surface area contributed by atoms with E-state index < -0.39 is 6.19 Å². The standard InChI is InChI=1S/C7H3N2PS/c11-10-5-3-1-2-4-6(5)8-7(10)9(4)10/h1-3H. The van der Waals surface area contributed by atoms with E-state index in [0.29, 0.717) is 0 Å². The molecule has 1 aromatic heterocycles. The number of nitrogens with zero attached hydrogens (tertiary/aromatic N) is 2. The lowest BCUT2D eigenvalue weighted by molar-refractivity contribution is 1.46. The Bertz CT molecular complexity index is 569. The maximum Gasteiger partial charge on any atom is 0.171 e. The van der Waals surface area contributed by atoms with Crippen LogP contribution in [0, 0.1) is 0 Å². The van der Waals surface area contributed by atoms with Gasteiger partial charge in [0.2, 0.25) is 0 Å². The van der Waals surface area contributed by atoms with Crippen LogP contribution in [-0.2, 0) is 11.8 Å². The van der Waals surface area contributed by atoms with Gasteiger partial charge in [0.05, 0.1) is 5.52 Å². The Balaban J connectivity index is 2.60. The summed E-state index contributed by atoms with van der Waals surface area (Å²) in [6.07, 6.45) is -1.36. The summed E-state index contributed by atoms with van der Waals surface area (Å²) in [6, 6.07) is 6.31. The van der Waals surface area contributed by atoms with Crippen LogP contribution in [0.15, 0.2) is 18.2 Å². The molecule has 2 aromatic rings. The highest BCUT2D eigenvalue weighted by Gasteiger charge is 2.53. The smallest absolute Gasteiger partial charge is 0.171 e. The predicted molar refractivity (Wildman–Crippen MR) is 48.7 cm³/mol. The Morgan fingerprint density at radius 3 is 3.00 bits per heavy atom. The minimum Gasteiger partial charge on any atom is -0.282 e. The maximum absolute atomic E-state index is 5.54. The zero-order chi connectivity index (χ0) is 7.22. The average molecular weight is 178 g/mol. The second kappa shape index (κ2) is 1.10. The highest BCUT2D eigenvalue weighted by molar-refractivity contribution is 8.25. The monoisotopic (exact) mass is 178 g/mol. The van der Waals surface area contributed by atoms with Gasteiger partial charge in [-0.15, -0.1) is 0 Å². The molecular formula is C7H3N2PS. The summed E-state index contributed by atoms with van der Waals surface area (Å²) in [5.41, 5.74) is 3.62. The van der Waals surface area contributed by atoms with Gasteiger partial charge in [0.15, 0.2) is 5.57 Å². The second-order valence-corrected chi connectivity index (χ2v) is 6.96. The van der Waals surface area contributed by atoms with E-state index in [4.69, 9.17) is 11.8 Å². The summed E-state index contributed by atoms with van der Waals surface area (Å²) in [7, 11) is 0. The van der Waals surface area contributed by atoms with Gasteiger partial charge in [-0.05, 0) is 12.1 Å². The Morgan fingerprint density at radius 1 is 1.45 bits per heavy atom. The Kier molecular flexibility index (Phi) is 0.505. The molecule has 3 aliphatic heterocycles. The first-order chi connectivity index (χ1) is 5.33. The van der Waals surface area contributed by atoms with Crippen molar-refractivity contribution in [1.29, 1.82) is 0 Å². The molecule has 52 valence electrons. The highest BCUT2D eigenvalue weighted by atomic mass is 32.4. The van der Waals surface area contributed by atoms with E-state index in [0.717, 1.165) is 0 Å². The lowest BCUT2D eigenvalue weighted by Gasteiger charge is -1.87. The van der Waals surface area contributed by atoms with E-state index >= 15 is 0 Å². The predicted octanol–water partition coefficient (Wildman–Crippen LogP) is 0.557. The minimum absolute atomic E-state index is 1.17. The summed E-state index contributed by atoms with van der Waals surface area (Å²) in [4.78, 5) is 4.44. The molecule has 4 heterocycles. The van der Waals surface area contributed by atoms with Crippen molar-refractivity contribution in [1.82, 2.24) is 9.32 Å². The van der Waals surface area contributed by atoms with Crippen LogP contribution in [0.25, 0.3) is 11.0 Å². The van der Waals surface area contributed by atoms with Gasteiger partial charge in [-0.25, -0.2) is 4.98 Å². The molecule has 0 fully saturated rings. The summed E-state index contributed by atoms with van der Waals surface area (Å²) < 4.78 is 2.24. The van der Waals surface area contributed by atoms with Crippen LogP contribution in [0.4, 0.5) is 0 Å². The Morgan fingerprint density at radius 2 is 2.36 bits per heavy atom. The normalized spacial score (nSPS) is 28.7. The maximum atomic E-state index is 5.54. The molecule has 1 unspecified atom stereocenters. The molecule has 0 saturated carbocycles. The summed E-state index contributed by atoms with van der Waals surface area (Å²) >= 11 is 5.54. The van der Waals surface area contributed by atoms with Crippen LogP contribution in [0.3, 0.4) is 0 Å². The molecule has 0 N–H and O–H groups in total. The first kappa shape index (κ1) is 5.07. The van der Waals surface area contributed by atoms with Gasteiger partial charge < -0.3 is 0 Å². The first-order valence-electron chi connectivity index (χ1n) is 3.47. The van der Waals surface area contributed by atoms with Crippen LogP contribution < -0.4 is 10.9 Å². The van der Waals surface area contributed by atoms with E-state index in [9.17, 15) is 0 Å². The van der Waals surface area contributed by atoms with E-state index in [1.807, 2.05) is 0 Å². The first-order valence-corrected chi connectivity index (χ1v) is 6.22. The number of benzene rings is 1. The molecular weight excluding hydrogens is 175 g/mol. The van der Waals surface area contributed by atoms with E-state index in [1.165, 1.54) is 21.9 Å². The average Bonchev–Trinajstić information content (AvgIpc) is 2.37. The van der Waals surface area contributed by atoms with Crippen molar-refractivity contribution in [2.24, 2.45) is 0 Å². The summed E-state index contributed by atoms with van der Waals surface area (Å²) in [5.74, 6) is 0. The lowest BCUT2D eigenvalue weighted by atomic mass is 10.3. The van der Waals surface area contributed by atoms with Crippen molar-refractivity contribution in [3.05, 3.63) is 18.2 Å². The molecule has 5 rings (SSSR count). The van der Waals surface area contributed by atoms with Crippen molar-refractivity contribution >= 4 is 39.9 Å². The van der Waals surface area contributed by atoms with Crippen LogP contribution in [0.1, 0.15) is 0 Å². The second-order valence-electron chi connectivity index (χ2n) is 2.94. The molecule has 4 heteroatoms. The van der Waals surface area contributed by atoms with Gasteiger partial charge in [0.25, 0.3) is 0 Å². The largest absolute Gasteiger partial charge is 0.282 e. The molecule has 2 nitrogen and oxygen atoms in total. The van der Waals surface area contributed by atoms with Crippen molar-refractivity contribution < 1.29 is 0 Å². The molecule has 0 saturated heterocycles. The molecule has 3 aliphatic rings. The number of hydrogen-bond acceptors (Lipinski definition) is 2. The zero-order valence-electron chi connectivity index (χ0n) is 5.48.